The van der Waals surface area contributed by atoms with Gasteiger partial charge in [0.25, 0.3) is 0 Å². The van der Waals surface area contributed by atoms with Gasteiger partial charge in [-0.3, -0.25) is 0 Å². The van der Waals surface area contributed by atoms with Crippen molar-refractivity contribution in [3.05, 3.63) is 71.0 Å². The topological polar surface area (TPSA) is 54.9 Å². The third-order valence-electron chi connectivity index (χ3n) is 5.71. The average molecular weight is 570 g/mol. The predicted molar refractivity (Wildman–Crippen MR) is 143 cm³/mol. The van der Waals surface area contributed by atoms with Crippen LogP contribution >= 0.6 is 24.0 Å². The zero-order valence-electron chi connectivity index (χ0n) is 19.9. The number of hydrogen-bond acceptors (Lipinski definition) is 3. The van der Waals surface area contributed by atoms with E-state index >= 15 is 0 Å². The lowest BCUT2D eigenvalue weighted by atomic mass is 9.84. The van der Waals surface area contributed by atoms with Crippen molar-refractivity contribution in [1.29, 1.82) is 0 Å². The Hall–Kier alpha value is -1.71. The quantitative estimate of drug-likeness (QED) is 0.249. The van der Waals surface area contributed by atoms with E-state index in [0.29, 0.717) is 19.7 Å². The van der Waals surface area contributed by atoms with Gasteiger partial charge in [-0.2, -0.15) is 0 Å². The average Bonchev–Trinajstić information content (AvgIpc) is 2.80. The van der Waals surface area contributed by atoms with Gasteiger partial charge in [-0.05, 0) is 48.6 Å². The molecule has 3 rings (SSSR count). The molecule has 0 atom stereocenters. The van der Waals surface area contributed by atoms with Gasteiger partial charge in [0.15, 0.2) is 5.96 Å². The molecule has 182 valence electrons. The lowest BCUT2D eigenvalue weighted by molar-refractivity contribution is -0.0390. The highest BCUT2D eigenvalue weighted by atomic mass is 127. The van der Waals surface area contributed by atoms with Gasteiger partial charge in [-0.15, -0.1) is 24.0 Å². The van der Waals surface area contributed by atoms with Crippen molar-refractivity contribution in [2.45, 2.75) is 58.3 Å². The van der Waals surface area contributed by atoms with Crippen molar-refractivity contribution in [3.63, 3.8) is 0 Å². The van der Waals surface area contributed by atoms with E-state index in [1.54, 1.807) is 12.1 Å². The Morgan fingerprint density at radius 2 is 1.82 bits per heavy atom. The number of ether oxygens (including phenoxy) is 2. The largest absolute Gasteiger partial charge is 0.381 e. The van der Waals surface area contributed by atoms with E-state index in [-0.39, 0.29) is 41.3 Å². The summed E-state index contributed by atoms with van der Waals surface area (Å²) in [6.45, 7) is 10.4. The predicted octanol–water partition coefficient (Wildman–Crippen LogP) is 5.17. The molecule has 2 N–H and O–H groups in total. The molecule has 2 aromatic rings. The summed E-state index contributed by atoms with van der Waals surface area (Å²) in [4.78, 5) is 4.75. The molecule has 1 aliphatic rings. The molecule has 1 fully saturated rings. The molecule has 0 saturated carbocycles. The SMILES string of the molecule is CCNC(=NCc1cccc(COC2CCOCC2)c1)NCC(C)(C)c1cccc(F)c1.I. The summed E-state index contributed by atoms with van der Waals surface area (Å²) in [5.41, 5.74) is 3.02. The van der Waals surface area contributed by atoms with E-state index in [0.717, 1.165) is 55.3 Å². The van der Waals surface area contributed by atoms with Gasteiger partial charge in [0.05, 0.1) is 19.3 Å². The highest BCUT2D eigenvalue weighted by molar-refractivity contribution is 14.0. The summed E-state index contributed by atoms with van der Waals surface area (Å²) in [6, 6.07) is 15.2. The molecule has 0 unspecified atom stereocenters. The molecule has 0 amide bonds. The molecular formula is C26H37FIN3O2. The van der Waals surface area contributed by atoms with E-state index in [1.807, 2.05) is 13.0 Å². The molecule has 1 heterocycles. The fourth-order valence-corrected chi connectivity index (χ4v) is 3.70. The van der Waals surface area contributed by atoms with Crippen LogP contribution in [-0.2, 0) is 28.0 Å². The van der Waals surface area contributed by atoms with E-state index in [9.17, 15) is 4.39 Å². The van der Waals surface area contributed by atoms with Gasteiger partial charge < -0.3 is 20.1 Å². The Bertz CT molecular complexity index is 885. The number of guanidine groups is 1. The van der Waals surface area contributed by atoms with Crippen LogP contribution in [0, 0.1) is 5.82 Å². The lowest BCUT2D eigenvalue weighted by Crippen LogP contribution is -2.43. The molecule has 5 nitrogen and oxygen atoms in total. The molecule has 0 aromatic heterocycles. The summed E-state index contributed by atoms with van der Waals surface area (Å²) in [5.74, 6) is 0.540. The molecule has 0 aliphatic carbocycles. The fraction of sp³-hybridized carbons (Fsp3) is 0.500. The first-order chi connectivity index (χ1) is 15.5. The van der Waals surface area contributed by atoms with Crippen LogP contribution in [0.15, 0.2) is 53.5 Å². The van der Waals surface area contributed by atoms with Crippen LogP contribution in [0.25, 0.3) is 0 Å². The molecule has 7 heteroatoms. The standard InChI is InChI=1S/C26H36FN3O2.HI/c1-4-28-25(30-19-26(2,3)22-9-6-10-23(27)16-22)29-17-20-7-5-8-21(15-20)18-32-24-11-13-31-14-12-24;/h5-10,15-16,24H,4,11-14,17-19H2,1-3H3,(H2,28,29,30);1H. The third kappa shape index (κ3) is 9.22. The minimum atomic E-state index is -0.236. The lowest BCUT2D eigenvalue weighted by Gasteiger charge is -2.27. The summed E-state index contributed by atoms with van der Waals surface area (Å²) < 4.78 is 25.1. The summed E-state index contributed by atoms with van der Waals surface area (Å²) in [7, 11) is 0. The first kappa shape index (κ1) is 27.5. The molecule has 2 aromatic carbocycles. The molecule has 0 spiro atoms. The van der Waals surface area contributed by atoms with Gasteiger partial charge in [0.1, 0.15) is 5.82 Å². The van der Waals surface area contributed by atoms with Gasteiger partial charge in [0.2, 0.25) is 0 Å². The van der Waals surface area contributed by atoms with E-state index < -0.39 is 0 Å². The van der Waals surface area contributed by atoms with Gasteiger partial charge in [-0.1, -0.05) is 50.2 Å². The summed E-state index contributed by atoms with van der Waals surface area (Å²) in [5, 5.41) is 6.71. The highest BCUT2D eigenvalue weighted by Crippen LogP contribution is 2.23. The second kappa shape index (κ2) is 13.9. The van der Waals surface area contributed by atoms with Crippen molar-refractivity contribution >= 4 is 29.9 Å². The number of hydrogen-bond donors (Lipinski definition) is 2. The normalized spacial score (nSPS) is 15.1. The Kier molecular flexibility index (Phi) is 11.6. The summed E-state index contributed by atoms with van der Waals surface area (Å²) in [6.07, 6.45) is 2.22. The van der Waals surface area contributed by atoms with Crippen molar-refractivity contribution in [2.75, 3.05) is 26.3 Å². The van der Waals surface area contributed by atoms with E-state index in [1.165, 1.54) is 6.07 Å². The monoisotopic (exact) mass is 569 g/mol. The molecule has 0 bridgehead atoms. The Morgan fingerprint density at radius 3 is 2.55 bits per heavy atom. The van der Waals surface area contributed by atoms with Crippen molar-refractivity contribution in [1.82, 2.24) is 10.6 Å². The zero-order chi connectivity index (χ0) is 22.8. The first-order valence-electron chi connectivity index (χ1n) is 11.5. The Labute approximate surface area is 214 Å². The van der Waals surface area contributed by atoms with Crippen LogP contribution in [0.2, 0.25) is 0 Å². The molecule has 33 heavy (non-hydrogen) atoms. The number of aliphatic imine (C=N–C) groups is 1. The van der Waals surface area contributed by atoms with Crippen LogP contribution in [0.1, 0.15) is 50.3 Å². The van der Waals surface area contributed by atoms with E-state index in [2.05, 4.69) is 48.7 Å². The minimum Gasteiger partial charge on any atom is -0.381 e. The van der Waals surface area contributed by atoms with E-state index in [4.69, 9.17) is 14.5 Å². The summed E-state index contributed by atoms with van der Waals surface area (Å²) >= 11 is 0. The number of rotatable bonds is 9. The molecular weight excluding hydrogens is 532 g/mol. The van der Waals surface area contributed by atoms with Gasteiger partial charge >= 0.3 is 0 Å². The highest BCUT2D eigenvalue weighted by Gasteiger charge is 2.21. The molecule has 1 saturated heterocycles. The number of benzene rings is 2. The van der Waals surface area contributed by atoms with Crippen molar-refractivity contribution in [2.24, 2.45) is 4.99 Å². The van der Waals surface area contributed by atoms with Crippen LogP contribution in [-0.4, -0.2) is 38.4 Å². The van der Waals surface area contributed by atoms with Crippen LogP contribution < -0.4 is 10.6 Å². The Morgan fingerprint density at radius 1 is 1.09 bits per heavy atom. The molecule has 1 aliphatic heterocycles. The van der Waals surface area contributed by atoms with Crippen LogP contribution in [0.4, 0.5) is 4.39 Å². The first-order valence-corrected chi connectivity index (χ1v) is 11.5. The smallest absolute Gasteiger partial charge is 0.191 e. The van der Waals surface area contributed by atoms with Crippen LogP contribution in [0.3, 0.4) is 0 Å². The Balaban J connectivity index is 0.00000385. The second-order valence-corrected chi connectivity index (χ2v) is 8.89. The van der Waals surface area contributed by atoms with Gasteiger partial charge in [0, 0.05) is 31.7 Å². The number of nitrogens with one attached hydrogen (secondary N) is 2. The third-order valence-corrected chi connectivity index (χ3v) is 5.71. The maximum atomic E-state index is 13.6. The maximum absolute atomic E-state index is 13.6. The molecule has 0 radical (unpaired) electrons. The van der Waals surface area contributed by atoms with Gasteiger partial charge in [-0.25, -0.2) is 9.38 Å². The van der Waals surface area contributed by atoms with Crippen molar-refractivity contribution in [3.8, 4) is 0 Å². The van der Waals surface area contributed by atoms with Crippen molar-refractivity contribution < 1.29 is 13.9 Å². The number of nitrogens with zero attached hydrogens (tertiary/aromatic N) is 1. The fourth-order valence-electron chi connectivity index (χ4n) is 3.70. The second-order valence-electron chi connectivity index (χ2n) is 8.89. The minimum absolute atomic E-state index is 0. The van der Waals surface area contributed by atoms with Crippen LogP contribution in [0.5, 0.6) is 0 Å². The maximum Gasteiger partial charge on any atom is 0.191 e. The number of halogens is 2. The zero-order valence-corrected chi connectivity index (χ0v) is 22.2.